The Bertz CT molecular complexity index is 1160. The molecular weight excluding hydrogens is 401 g/mol. The Morgan fingerprint density at radius 2 is 2.03 bits per heavy atom. The Morgan fingerprint density at radius 3 is 2.73 bits per heavy atom. The molecule has 0 saturated carbocycles. The Morgan fingerprint density at radius 1 is 1.27 bits per heavy atom. The first-order valence-corrected chi connectivity index (χ1v) is 10.5. The second kappa shape index (κ2) is 7.68. The number of carbonyl (C=O) groups is 1. The number of carbonyl (C=O) groups excluding carboxylic acids is 1. The number of fused-ring (bicyclic) bond motifs is 1. The second-order valence-corrected chi connectivity index (χ2v) is 8.79. The number of thioether (sulfide) groups is 1. The van der Waals surface area contributed by atoms with E-state index in [-0.39, 0.29) is 17.2 Å². The molecule has 0 spiro atoms. The molecular formula is C22H22FN5OS. The summed E-state index contributed by atoms with van der Waals surface area (Å²) in [7, 11) is 0. The van der Waals surface area contributed by atoms with Crippen molar-refractivity contribution in [2.24, 2.45) is 16.0 Å². The minimum absolute atomic E-state index is 0.0202. The van der Waals surface area contributed by atoms with Crippen LogP contribution in [0.2, 0.25) is 0 Å². The summed E-state index contributed by atoms with van der Waals surface area (Å²) in [6, 6.07) is 8.28. The lowest BCUT2D eigenvalue weighted by Gasteiger charge is -2.20. The van der Waals surface area contributed by atoms with Crippen molar-refractivity contribution in [1.82, 2.24) is 9.58 Å². The fourth-order valence-electron chi connectivity index (χ4n) is 3.57. The van der Waals surface area contributed by atoms with Crippen LogP contribution in [-0.4, -0.2) is 31.5 Å². The monoisotopic (exact) mass is 423 g/mol. The number of amides is 1. The third-order valence-electron chi connectivity index (χ3n) is 4.92. The van der Waals surface area contributed by atoms with Crippen molar-refractivity contribution < 1.29 is 9.18 Å². The molecule has 2 aliphatic heterocycles. The molecule has 8 heteroatoms. The Hall–Kier alpha value is -3.00. The lowest BCUT2D eigenvalue weighted by molar-refractivity contribution is -0.114. The van der Waals surface area contributed by atoms with E-state index in [0.717, 1.165) is 28.4 Å². The number of aliphatic imine (C=N–C) groups is 1. The lowest BCUT2D eigenvalue weighted by Crippen LogP contribution is -2.35. The predicted molar refractivity (Wildman–Crippen MR) is 120 cm³/mol. The summed E-state index contributed by atoms with van der Waals surface area (Å²) in [5.74, 6) is -0.318. The van der Waals surface area contributed by atoms with Gasteiger partial charge in [0.15, 0.2) is 5.84 Å². The molecule has 1 aromatic heterocycles. The van der Waals surface area contributed by atoms with Crippen molar-refractivity contribution in [1.29, 1.82) is 5.41 Å². The van der Waals surface area contributed by atoms with Crippen LogP contribution in [0.1, 0.15) is 37.2 Å². The molecule has 0 fully saturated rings. The van der Waals surface area contributed by atoms with Crippen LogP contribution in [0, 0.1) is 31.0 Å². The van der Waals surface area contributed by atoms with Gasteiger partial charge < -0.3 is 4.57 Å². The van der Waals surface area contributed by atoms with Gasteiger partial charge in [0, 0.05) is 23.5 Å². The molecule has 1 aromatic carbocycles. The third kappa shape index (κ3) is 3.63. The van der Waals surface area contributed by atoms with Gasteiger partial charge in [-0.3, -0.25) is 10.2 Å². The minimum Gasteiger partial charge on any atom is -0.318 e. The zero-order valence-electron chi connectivity index (χ0n) is 17.2. The Kier molecular flexibility index (Phi) is 5.19. The molecule has 2 aromatic rings. The van der Waals surface area contributed by atoms with Crippen molar-refractivity contribution in [3.05, 3.63) is 58.7 Å². The van der Waals surface area contributed by atoms with Crippen LogP contribution in [-0.2, 0) is 4.79 Å². The van der Waals surface area contributed by atoms with Crippen molar-refractivity contribution in [3.8, 4) is 5.69 Å². The van der Waals surface area contributed by atoms with E-state index < -0.39 is 5.91 Å². The molecule has 3 heterocycles. The third-order valence-corrected chi connectivity index (χ3v) is 5.85. The van der Waals surface area contributed by atoms with Crippen molar-refractivity contribution in [3.63, 3.8) is 0 Å². The highest BCUT2D eigenvalue weighted by Crippen LogP contribution is 2.31. The van der Waals surface area contributed by atoms with Crippen molar-refractivity contribution in [2.75, 3.05) is 0 Å². The summed E-state index contributed by atoms with van der Waals surface area (Å²) in [6.07, 6.45) is 2.44. The van der Waals surface area contributed by atoms with E-state index in [4.69, 9.17) is 5.41 Å². The number of nitrogens with one attached hydrogen (secondary N) is 1. The molecule has 1 amide bonds. The molecule has 0 bridgehead atoms. The second-order valence-electron chi connectivity index (χ2n) is 7.75. The first kappa shape index (κ1) is 20.3. The molecule has 0 atom stereocenters. The number of hydrogen-bond acceptors (Lipinski definition) is 4. The SMILES string of the molecule is Cc1cc(/C=C2\C(=N)N3N=C(CC(C)C)SC3=NC2=O)c(C)n1-c1cccc(F)c1. The van der Waals surface area contributed by atoms with E-state index >= 15 is 0 Å². The van der Waals surface area contributed by atoms with Gasteiger partial charge in [-0.05, 0) is 67.4 Å². The van der Waals surface area contributed by atoms with Crippen LogP contribution >= 0.6 is 11.8 Å². The van der Waals surface area contributed by atoms with Gasteiger partial charge in [-0.25, -0.2) is 4.39 Å². The number of amidine groups is 2. The van der Waals surface area contributed by atoms with E-state index in [2.05, 4.69) is 23.9 Å². The van der Waals surface area contributed by atoms with E-state index in [0.29, 0.717) is 16.8 Å². The average molecular weight is 424 g/mol. The van der Waals surface area contributed by atoms with Crippen LogP contribution in [0.5, 0.6) is 0 Å². The normalized spacial score (nSPS) is 17.7. The maximum absolute atomic E-state index is 13.7. The number of halogens is 1. The molecule has 0 saturated heterocycles. The minimum atomic E-state index is -0.449. The smallest absolute Gasteiger partial charge is 0.283 e. The van der Waals surface area contributed by atoms with Crippen molar-refractivity contribution >= 4 is 39.8 Å². The Balaban J connectivity index is 1.71. The van der Waals surface area contributed by atoms with Gasteiger partial charge in [-0.15, -0.1) is 0 Å². The molecule has 6 nitrogen and oxygen atoms in total. The zero-order valence-corrected chi connectivity index (χ0v) is 18.0. The number of aromatic nitrogens is 1. The van der Waals surface area contributed by atoms with Gasteiger partial charge in [0.25, 0.3) is 5.91 Å². The highest BCUT2D eigenvalue weighted by molar-refractivity contribution is 8.26. The number of hydrazone groups is 1. The molecule has 4 rings (SSSR count). The summed E-state index contributed by atoms with van der Waals surface area (Å²) in [4.78, 5) is 16.8. The maximum atomic E-state index is 13.7. The average Bonchev–Trinajstić information content (AvgIpc) is 3.18. The summed E-state index contributed by atoms with van der Waals surface area (Å²) in [5, 5.41) is 15.7. The van der Waals surface area contributed by atoms with Crippen molar-refractivity contribution in [2.45, 2.75) is 34.1 Å². The molecule has 30 heavy (non-hydrogen) atoms. The standard InChI is InChI=1S/C22H22FN5OS/c1-12(2)8-19-26-28-20(24)18(21(29)25-22(28)30-19)10-15-9-13(3)27(14(15)4)17-7-5-6-16(23)11-17/h5-7,9-12,24H,8H2,1-4H3/b18-10+,24-20?. The van der Waals surface area contributed by atoms with Gasteiger partial charge in [0.05, 0.1) is 5.57 Å². The van der Waals surface area contributed by atoms with E-state index in [9.17, 15) is 9.18 Å². The van der Waals surface area contributed by atoms with Gasteiger partial charge in [0.1, 0.15) is 10.9 Å². The first-order valence-electron chi connectivity index (χ1n) is 9.68. The number of nitrogens with zero attached hydrogens (tertiary/aromatic N) is 4. The topological polar surface area (TPSA) is 73.8 Å². The van der Waals surface area contributed by atoms with Crippen LogP contribution < -0.4 is 0 Å². The number of rotatable bonds is 4. The fourth-order valence-corrected chi connectivity index (χ4v) is 4.66. The number of hydrogen-bond donors (Lipinski definition) is 1. The van der Waals surface area contributed by atoms with Gasteiger partial charge in [-0.1, -0.05) is 19.9 Å². The molecule has 1 N–H and O–H groups in total. The fraction of sp³-hybridized carbons (Fsp3) is 0.273. The number of aryl methyl sites for hydroxylation is 1. The summed E-state index contributed by atoms with van der Waals surface area (Å²) in [6.45, 7) is 8.01. The number of benzene rings is 1. The summed E-state index contributed by atoms with van der Waals surface area (Å²) in [5.41, 5.74) is 3.42. The first-order chi connectivity index (χ1) is 14.2. The molecule has 0 radical (unpaired) electrons. The molecule has 154 valence electrons. The maximum Gasteiger partial charge on any atom is 0.283 e. The highest BCUT2D eigenvalue weighted by Gasteiger charge is 2.35. The van der Waals surface area contributed by atoms with Gasteiger partial charge in [0.2, 0.25) is 5.17 Å². The van der Waals surface area contributed by atoms with Gasteiger partial charge in [-0.2, -0.15) is 15.1 Å². The Labute approximate surface area is 178 Å². The zero-order chi connectivity index (χ0) is 21.6. The predicted octanol–water partition coefficient (Wildman–Crippen LogP) is 4.90. The largest absolute Gasteiger partial charge is 0.318 e. The van der Waals surface area contributed by atoms with E-state index in [1.807, 2.05) is 30.5 Å². The highest BCUT2D eigenvalue weighted by atomic mass is 32.2. The van der Waals surface area contributed by atoms with Crippen LogP contribution in [0.4, 0.5) is 4.39 Å². The summed E-state index contributed by atoms with van der Waals surface area (Å²) < 4.78 is 15.6. The summed E-state index contributed by atoms with van der Waals surface area (Å²) >= 11 is 1.34. The van der Waals surface area contributed by atoms with Gasteiger partial charge >= 0.3 is 0 Å². The molecule has 0 unspecified atom stereocenters. The van der Waals surface area contributed by atoms with Crippen LogP contribution in [0.3, 0.4) is 0 Å². The quantitative estimate of drug-likeness (QED) is 0.711. The lowest BCUT2D eigenvalue weighted by atomic mass is 10.1. The molecule has 0 aliphatic carbocycles. The van der Waals surface area contributed by atoms with Crippen LogP contribution in [0.25, 0.3) is 11.8 Å². The van der Waals surface area contributed by atoms with Crippen LogP contribution in [0.15, 0.2) is 46.0 Å². The molecule has 2 aliphatic rings. The van der Waals surface area contributed by atoms with E-state index in [1.54, 1.807) is 12.1 Å². The van der Waals surface area contributed by atoms with E-state index in [1.165, 1.54) is 28.9 Å².